The Morgan fingerprint density at radius 2 is 1.98 bits per heavy atom. The van der Waals surface area contributed by atoms with Crippen molar-refractivity contribution in [2.45, 2.75) is 94.0 Å². The summed E-state index contributed by atoms with van der Waals surface area (Å²) in [5.41, 5.74) is 1.35. The van der Waals surface area contributed by atoms with E-state index in [0.29, 0.717) is 57.1 Å². The summed E-state index contributed by atoms with van der Waals surface area (Å²) in [6.07, 6.45) is 7.89. The molecule has 0 aliphatic heterocycles. The zero-order valence-electron chi connectivity index (χ0n) is 25.3. The standard InChI is InChI=1S/C34H43NO6S2/c1-4-18-35(43(39,40)31-10-7-20-42-31)23-34(38)17-15-29-27-14-12-25(22-28(27)32(37)30-9-6-19-41-30)21-26(36)13-11-24(2)8-5-16-33(29,34)3/h6-10,12,14,19-20,22,26,29,36,38H,4-5,11,13,15-18,21,23H2,1-3H3/t26-,29-,33-,34+/m0/s1. The highest BCUT2D eigenvalue weighted by molar-refractivity contribution is 7.91. The second-order valence-corrected chi connectivity index (χ2v) is 15.6. The van der Waals surface area contributed by atoms with Crippen molar-refractivity contribution in [2.75, 3.05) is 13.1 Å². The van der Waals surface area contributed by atoms with Gasteiger partial charge in [0.1, 0.15) is 4.21 Å². The van der Waals surface area contributed by atoms with E-state index in [4.69, 9.17) is 4.42 Å². The molecule has 9 heteroatoms. The number of carbonyl (C=O) groups excluding carboxylic acids is 1. The summed E-state index contributed by atoms with van der Waals surface area (Å²) in [5.74, 6) is -0.190. The van der Waals surface area contributed by atoms with Gasteiger partial charge >= 0.3 is 0 Å². The molecule has 2 N–H and O–H groups in total. The summed E-state index contributed by atoms with van der Waals surface area (Å²) in [7, 11) is -3.78. The Morgan fingerprint density at radius 3 is 2.67 bits per heavy atom. The number of hydrogen-bond donors (Lipinski definition) is 2. The fourth-order valence-corrected chi connectivity index (χ4v) is 9.83. The molecule has 43 heavy (non-hydrogen) atoms. The maximum atomic E-state index is 13.8. The molecule has 1 saturated carbocycles. The number of carbonyl (C=O) groups is 1. The number of rotatable bonds is 8. The third-order valence-corrected chi connectivity index (χ3v) is 12.9. The lowest BCUT2D eigenvalue weighted by Crippen LogP contribution is -2.53. The number of benzene rings is 1. The monoisotopic (exact) mass is 625 g/mol. The number of aliphatic hydroxyl groups is 2. The lowest BCUT2D eigenvalue weighted by atomic mass is 9.65. The van der Waals surface area contributed by atoms with Crippen molar-refractivity contribution >= 4 is 27.1 Å². The summed E-state index contributed by atoms with van der Waals surface area (Å²) in [4.78, 5) is 13.8. The van der Waals surface area contributed by atoms with Crippen LogP contribution in [0.5, 0.6) is 0 Å². The smallest absolute Gasteiger partial charge is 0.252 e. The molecule has 0 unspecified atom stereocenters. The number of fused-ring (bicyclic) bond motifs is 8. The minimum absolute atomic E-state index is 0.0114. The van der Waals surface area contributed by atoms with Crippen LogP contribution in [0.15, 0.2) is 74.4 Å². The molecule has 2 heterocycles. The van der Waals surface area contributed by atoms with Gasteiger partial charge in [0.25, 0.3) is 10.0 Å². The second-order valence-electron chi connectivity index (χ2n) is 12.5. The number of hydrogen-bond acceptors (Lipinski definition) is 7. The van der Waals surface area contributed by atoms with Gasteiger partial charge in [-0.15, -0.1) is 11.3 Å². The third-order valence-electron chi connectivity index (χ3n) is 9.66. The maximum absolute atomic E-state index is 13.8. The quantitative estimate of drug-likeness (QED) is 0.213. The first-order chi connectivity index (χ1) is 20.5. The highest BCUT2D eigenvalue weighted by atomic mass is 32.2. The Balaban J connectivity index is 1.61. The van der Waals surface area contributed by atoms with Crippen LogP contribution >= 0.6 is 11.3 Å². The van der Waals surface area contributed by atoms with Gasteiger partial charge in [0.05, 0.1) is 18.0 Å². The van der Waals surface area contributed by atoms with Gasteiger partial charge in [0, 0.05) is 24.1 Å². The van der Waals surface area contributed by atoms with E-state index in [9.17, 15) is 23.4 Å². The molecule has 3 aliphatic rings. The molecule has 0 spiro atoms. The van der Waals surface area contributed by atoms with E-state index in [0.717, 1.165) is 17.5 Å². The lowest BCUT2D eigenvalue weighted by Gasteiger charge is -2.45. The number of sulfonamides is 1. The van der Waals surface area contributed by atoms with Crippen molar-refractivity contribution in [3.8, 4) is 0 Å². The van der Waals surface area contributed by atoms with Gasteiger partial charge in [-0.3, -0.25) is 4.79 Å². The zero-order chi connectivity index (χ0) is 30.8. The molecule has 4 atom stereocenters. The van der Waals surface area contributed by atoms with Crippen LogP contribution in [0.3, 0.4) is 0 Å². The average Bonchev–Trinajstić information content (AvgIpc) is 3.75. The van der Waals surface area contributed by atoms with E-state index in [-0.39, 0.29) is 28.2 Å². The van der Waals surface area contributed by atoms with E-state index < -0.39 is 27.1 Å². The fourth-order valence-electron chi connectivity index (χ4n) is 7.10. The van der Waals surface area contributed by atoms with Crippen LogP contribution in [0.1, 0.15) is 98.9 Å². The molecule has 3 aromatic rings. The predicted octanol–water partition coefficient (Wildman–Crippen LogP) is 6.71. The van der Waals surface area contributed by atoms with Crippen LogP contribution < -0.4 is 0 Å². The normalized spacial score (nSPS) is 26.7. The Kier molecular flexibility index (Phi) is 9.49. The van der Waals surface area contributed by atoms with Gasteiger partial charge in [0.2, 0.25) is 5.78 Å². The number of aliphatic hydroxyl groups excluding tert-OH is 1. The van der Waals surface area contributed by atoms with Crippen molar-refractivity contribution < 1.29 is 27.8 Å². The summed E-state index contributed by atoms with van der Waals surface area (Å²) in [5, 5.41) is 25.2. The van der Waals surface area contributed by atoms with Crippen LogP contribution in [0, 0.1) is 5.41 Å². The van der Waals surface area contributed by atoms with Crippen molar-refractivity contribution in [3.63, 3.8) is 0 Å². The minimum atomic E-state index is -3.78. The molecule has 232 valence electrons. The highest BCUT2D eigenvalue weighted by Gasteiger charge is 2.58. The van der Waals surface area contributed by atoms with Crippen molar-refractivity contribution in [1.82, 2.24) is 4.31 Å². The summed E-state index contributed by atoms with van der Waals surface area (Å²) in [6.45, 7) is 6.38. The molecule has 0 radical (unpaired) electrons. The first kappa shape index (κ1) is 31.9. The van der Waals surface area contributed by atoms with E-state index in [1.54, 1.807) is 29.6 Å². The Morgan fingerprint density at radius 1 is 1.16 bits per heavy atom. The molecule has 0 amide bonds. The van der Waals surface area contributed by atoms with Crippen molar-refractivity contribution in [1.29, 1.82) is 0 Å². The number of furan rings is 1. The number of ketones is 1. The van der Waals surface area contributed by atoms with Crippen molar-refractivity contribution in [2.24, 2.45) is 5.41 Å². The molecule has 1 fully saturated rings. The molecule has 1 aromatic carbocycles. The summed E-state index contributed by atoms with van der Waals surface area (Å²) < 4.78 is 34.7. The van der Waals surface area contributed by atoms with E-state index in [2.05, 4.69) is 19.9 Å². The van der Waals surface area contributed by atoms with E-state index in [1.165, 1.54) is 27.5 Å². The number of nitrogens with zero attached hydrogens (tertiary/aromatic N) is 1. The molecular formula is C34H43NO6S2. The largest absolute Gasteiger partial charge is 0.461 e. The molecule has 2 aromatic heterocycles. The van der Waals surface area contributed by atoms with Crippen LogP contribution in [0.25, 0.3) is 0 Å². The van der Waals surface area contributed by atoms with Gasteiger partial charge < -0.3 is 14.6 Å². The molecule has 2 bridgehead atoms. The third kappa shape index (κ3) is 6.33. The highest BCUT2D eigenvalue weighted by Crippen LogP contribution is 2.59. The first-order valence-corrected chi connectivity index (χ1v) is 17.6. The van der Waals surface area contributed by atoms with Crippen LogP contribution in [-0.2, 0) is 16.4 Å². The Labute approximate surface area is 259 Å². The molecule has 3 aliphatic carbocycles. The van der Waals surface area contributed by atoms with Gasteiger partial charge in [-0.05, 0) is 105 Å². The van der Waals surface area contributed by atoms with Gasteiger partial charge in [0.15, 0.2) is 5.76 Å². The van der Waals surface area contributed by atoms with E-state index in [1.807, 2.05) is 25.1 Å². The van der Waals surface area contributed by atoms with Crippen molar-refractivity contribution in [3.05, 3.63) is 88.2 Å². The van der Waals surface area contributed by atoms with Crippen LogP contribution in [0.4, 0.5) is 0 Å². The molecule has 0 saturated heterocycles. The molecule has 7 nitrogen and oxygen atoms in total. The lowest BCUT2D eigenvalue weighted by molar-refractivity contribution is -0.0723. The Hall–Kier alpha value is -2.56. The predicted molar refractivity (Wildman–Crippen MR) is 169 cm³/mol. The van der Waals surface area contributed by atoms with Crippen LogP contribution in [-0.4, -0.2) is 53.5 Å². The van der Waals surface area contributed by atoms with Gasteiger partial charge in [-0.2, -0.15) is 4.31 Å². The van der Waals surface area contributed by atoms with Gasteiger partial charge in [-0.25, -0.2) is 8.42 Å². The second kappa shape index (κ2) is 12.8. The average molecular weight is 626 g/mol. The summed E-state index contributed by atoms with van der Waals surface area (Å²) >= 11 is 1.19. The van der Waals surface area contributed by atoms with Crippen LogP contribution in [0.2, 0.25) is 0 Å². The number of allylic oxidation sites excluding steroid dienone is 2. The first-order valence-electron chi connectivity index (χ1n) is 15.3. The zero-order valence-corrected chi connectivity index (χ0v) is 26.9. The molecule has 6 rings (SSSR count). The maximum Gasteiger partial charge on any atom is 0.252 e. The van der Waals surface area contributed by atoms with E-state index >= 15 is 0 Å². The minimum Gasteiger partial charge on any atom is -0.461 e. The number of thiophene rings is 1. The summed E-state index contributed by atoms with van der Waals surface area (Å²) in [6, 6.07) is 12.5. The Bertz CT molecular complexity index is 1550. The van der Waals surface area contributed by atoms with Gasteiger partial charge in [-0.1, -0.05) is 43.7 Å². The molecular weight excluding hydrogens is 583 g/mol. The fraction of sp³-hybridized carbons (Fsp3) is 0.500. The SMILES string of the molecule is CCCN(C[C@]1(O)CC[C@H]2c3ccc(cc3C(=O)c3ccco3)C[C@@H](O)CCC(C)=CCC[C@@]21C)S(=O)(=O)c1cccs1. The topological polar surface area (TPSA) is 108 Å².